The Balaban J connectivity index is 2.91. The lowest BCUT2D eigenvalue weighted by Crippen LogP contribution is -2.21. The third-order valence-corrected chi connectivity index (χ3v) is 3.03. The highest BCUT2D eigenvalue weighted by molar-refractivity contribution is 6.51. The molecule has 19 heavy (non-hydrogen) atoms. The van der Waals surface area contributed by atoms with Crippen molar-refractivity contribution in [3.63, 3.8) is 0 Å². The van der Waals surface area contributed by atoms with E-state index in [9.17, 15) is 19.5 Å². The number of hydrogen-bond acceptors (Lipinski definition) is 5. The first kappa shape index (κ1) is 13.0. The topological polar surface area (TPSA) is 80.7 Å². The Hall–Kier alpha value is -2.43. The summed E-state index contributed by atoms with van der Waals surface area (Å²) in [5.41, 5.74) is 0.981. The minimum Gasteiger partial charge on any atom is -0.507 e. The molecular weight excluding hydrogens is 248 g/mol. The number of aryl methyl sites for hydroxylation is 1. The number of hydrogen-bond donors (Lipinski definition) is 1. The first-order chi connectivity index (χ1) is 8.88. The second-order valence-corrected chi connectivity index (χ2v) is 4.30. The van der Waals surface area contributed by atoms with Crippen LogP contribution in [-0.2, 0) is 4.79 Å². The Kier molecular flexibility index (Phi) is 2.98. The Morgan fingerprint density at radius 3 is 2.47 bits per heavy atom. The number of allylic oxidation sites excluding steroid dienone is 1. The van der Waals surface area contributed by atoms with Crippen LogP contribution in [0.5, 0.6) is 5.75 Å². The zero-order chi connectivity index (χ0) is 14.3. The molecule has 0 bridgehead atoms. The maximum atomic E-state index is 11.9. The average Bonchev–Trinajstić information content (AvgIpc) is 2.34. The quantitative estimate of drug-likeness (QED) is 0.648. The smallest absolute Gasteiger partial charge is 0.237 e. The number of rotatable bonds is 2. The van der Waals surface area contributed by atoms with E-state index < -0.39 is 11.6 Å². The third kappa shape index (κ3) is 1.83. The average molecular weight is 260 g/mol. The number of carbonyl (C=O) groups is 3. The summed E-state index contributed by atoms with van der Waals surface area (Å²) in [6.45, 7) is 3.02. The second-order valence-electron chi connectivity index (χ2n) is 4.30. The maximum Gasteiger partial charge on any atom is 0.237 e. The monoisotopic (exact) mass is 260 g/mol. The first-order valence-electron chi connectivity index (χ1n) is 5.60. The lowest BCUT2D eigenvalue weighted by molar-refractivity contribution is -0.111. The summed E-state index contributed by atoms with van der Waals surface area (Å²) in [5, 5.41) is 9.77. The number of carbonyl (C=O) groups excluding carboxylic acids is 3. The van der Waals surface area contributed by atoms with Crippen LogP contribution in [0.3, 0.4) is 0 Å². The Labute approximate surface area is 109 Å². The van der Waals surface area contributed by atoms with Crippen molar-refractivity contribution in [2.24, 2.45) is 0 Å². The molecule has 0 aromatic heterocycles. The van der Waals surface area contributed by atoms with Crippen LogP contribution < -0.4 is 4.74 Å². The van der Waals surface area contributed by atoms with E-state index in [0.717, 1.165) is 6.08 Å². The van der Waals surface area contributed by atoms with Gasteiger partial charge >= 0.3 is 0 Å². The summed E-state index contributed by atoms with van der Waals surface area (Å²) in [6, 6.07) is 1.50. The molecule has 0 fully saturated rings. The molecule has 0 atom stereocenters. The van der Waals surface area contributed by atoms with Crippen molar-refractivity contribution >= 4 is 23.1 Å². The SMILES string of the molecule is COc1c(C(C)=O)c(C)cc2c1C(=O)C(=O)C=C2O. The molecule has 1 N–H and O–H groups in total. The van der Waals surface area contributed by atoms with Gasteiger partial charge in [-0.1, -0.05) is 0 Å². The molecule has 5 nitrogen and oxygen atoms in total. The number of ketones is 3. The van der Waals surface area contributed by atoms with E-state index in [1.165, 1.54) is 20.1 Å². The molecule has 0 spiro atoms. The number of aliphatic hydroxyl groups is 1. The van der Waals surface area contributed by atoms with Crippen molar-refractivity contribution in [1.29, 1.82) is 0 Å². The number of benzene rings is 1. The molecule has 0 saturated heterocycles. The highest BCUT2D eigenvalue weighted by atomic mass is 16.5. The van der Waals surface area contributed by atoms with Crippen molar-refractivity contribution in [3.8, 4) is 5.75 Å². The van der Waals surface area contributed by atoms with Gasteiger partial charge in [0.2, 0.25) is 11.6 Å². The molecule has 5 heteroatoms. The van der Waals surface area contributed by atoms with E-state index in [1.54, 1.807) is 6.92 Å². The van der Waals surface area contributed by atoms with Gasteiger partial charge in [0.05, 0.1) is 18.2 Å². The van der Waals surface area contributed by atoms with Gasteiger partial charge in [-0.25, -0.2) is 0 Å². The van der Waals surface area contributed by atoms with Gasteiger partial charge in [0.15, 0.2) is 5.78 Å². The minimum absolute atomic E-state index is 0.0421. The van der Waals surface area contributed by atoms with Crippen molar-refractivity contribution in [2.45, 2.75) is 13.8 Å². The molecule has 0 aliphatic heterocycles. The van der Waals surface area contributed by atoms with Gasteiger partial charge in [0.25, 0.3) is 0 Å². The largest absolute Gasteiger partial charge is 0.507 e. The van der Waals surface area contributed by atoms with Gasteiger partial charge in [-0.2, -0.15) is 0 Å². The van der Waals surface area contributed by atoms with E-state index in [2.05, 4.69) is 0 Å². The van der Waals surface area contributed by atoms with Crippen LogP contribution in [0.15, 0.2) is 12.1 Å². The summed E-state index contributed by atoms with van der Waals surface area (Å²) in [5.74, 6) is -2.14. The number of aliphatic hydroxyl groups excluding tert-OH is 1. The first-order valence-corrected chi connectivity index (χ1v) is 5.60. The van der Waals surface area contributed by atoms with Crippen LogP contribution in [0, 0.1) is 6.92 Å². The zero-order valence-electron chi connectivity index (χ0n) is 10.7. The fourth-order valence-corrected chi connectivity index (χ4v) is 2.25. The third-order valence-electron chi connectivity index (χ3n) is 3.03. The van der Waals surface area contributed by atoms with E-state index in [-0.39, 0.29) is 34.0 Å². The summed E-state index contributed by atoms with van der Waals surface area (Å²) in [6.07, 6.45) is 0.872. The normalized spacial score (nSPS) is 13.9. The molecule has 2 rings (SSSR count). The lowest BCUT2D eigenvalue weighted by atomic mass is 9.87. The van der Waals surface area contributed by atoms with Crippen molar-refractivity contribution in [3.05, 3.63) is 34.4 Å². The molecule has 1 aromatic rings. The van der Waals surface area contributed by atoms with Gasteiger partial charge in [-0.15, -0.1) is 0 Å². The van der Waals surface area contributed by atoms with Gasteiger partial charge in [-0.05, 0) is 25.5 Å². The van der Waals surface area contributed by atoms with E-state index in [0.29, 0.717) is 5.56 Å². The van der Waals surface area contributed by atoms with Crippen LogP contribution in [-0.4, -0.2) is 29.6 Å². The second kappa shape index (κ2) is 4.35. The van der Waals surface area contributed by atoms with Gasteiger partial charge < -0.3 is 9.84 Å². The van der Waals surface area contributed by atoms with Crippen LogP contribution in [0.1, 0.15) is 38.8 Å². The summed E-state index contributed by atoms with van der Waals surface area (Å²) in [7, 11) is 1.31. The number of ether oxygens (including phenoxy) is 1. The molecule has 0 radical (unpaired) electrons. The molecule has 98 valence electrons. The fourth-order valence-electron chi connectivity index (χ4n) is 2.25. The standard InChI is InChI=1S/C14H12O5/c1-6-4-8-9(16)5-10(17)13(18)12(8)14(19-3)11(6)7(2)15/h4-5,16H,1-3H3. The molecule has 0 unspecified atom stereocenters. The summed E-state index contributed by atoms with van der Waals surface area (Å²) >= 11 is 0. The highest BCUT2D eigenvalue weighted by Crippen LogP contribution is 2.36. The van der Waals surface area contributed by atoms with Crippen LogP contribution in [0.2, 0.25) is 0 Å². The number of methoxy groups -OCH3 is 1. The molecular formula is C14H12O5. The number of Topliss-reactive ketones (excluding diaryl/α,β-unsaturated/α-hetero) is 2. The molecule has 1 aromatic carbocycles. The van der Waals surface area contributed by atoms with E-state index in [4.69, 9.17) is 4.74 Å². The highest BCUT2D eigenvalue weighted by Gasteiger charge is 2.32. The number of fused-ring (bicyclic) bond motifs is 1. The van der Waals surface area contributed by atoms with Crippen molar-refractivity contribution < 1.29 is 24.2 Å². The van der Waals surface area contributed by atoms with Crippen molar-refractivity contribution in [2.75, 3.05) is 7.11 Å². The van der Waals surface area contributed by atoms with Crippen LogP contribution >= 0.6 is 0 Å². The van der Waals surface area contributed by atoms with E-state index >= 15 is 0 Å². The van der Waals surface area contributed by atoms with Gasteiger partial charge in [-0.3, -0.25) is 14.4 Å². The predicted octanol–water partition coefficient (Wildman–Crippen LogP) is 1.87. The molecule has 1 aliphatic rings. The predicted molar refractivity (Wildman–Crippen MR) is 67.7 cm³/mol. The van der Waals surface area contributed by atoms with Gasteiger partial charge in [0, 0.05) is 11.6 Å². The Morgan fingerprint density at radius 2 is 1.95 bits per heavy atom. The summed E-state index contributed by atoms with van der Waals surface area (Å²) in [4.78, 5) is 35.1. The van der Waals surface area contributed by atoms with Gasteiger partial charge in [0.1, 0.15) is 11.5 Å². The molecule has 0 saturated carbocycles. The van der Waals surface area contributed by atoms with Crippen LogP contribution in [0.4, 0.5) is 0 Å². The lowest BCUT2D eigenvalue weighted by Gasteiger charge is -2.19. The summed E-state index contributed by atoms with van der Waals surface area (Å²) < 4.78 is 5.12. The zero-order valence-corrected chi connectivity index (χ0v) is 10.7. The van der Waals surface area contributed by atoms with Crippen LogP contribution in [0.25, 0.3) is 5.76 Å². The molecule has 0 amide bonds. The minimum atomic E-state index is -0.832. The maximum absolute atomic E-state index is 11.9. The van der Waals surface area contributed by atoms with E-state index in [1.807, 2.05) is 0 Å². The van der Waals surface area contributed by atoms with Crippen molar-refractivity contribution in [1.82, 2.24) is 0 Å². The Bertz CT molecular complexity index is 652. The molecule has 1 aliphatic carbocycles. The Morgan fingerprint density at radius 1 is 1.32 bits per heavy atom. The molecule has 0 heterocycles. The fraction of sp³-hybridized carbons (Fsp3) is 0.214.